The summed E-state index contributed by atoms with van der Waals surface area (Å²) in [6.07, 6.45) is 5.09. The van der Waals surface area contributed by atoms with Crippen LogP contribution in [0.4, 0.5) is 0 Å². The van der Waals surface area contributed by atoms with Gasteiger partial charge in [-0.1, -0.05) is 17.7 Å². The fourth-order valence-corrected chi connectivity index (χ4v) is 4.76. The lowest BCUT2D eigenvalue weighted by molar-refractivity contribution is -0.124. The van der Waals surface area contributed by atoms with Gasteiger partial charge >= 0.3 is 0 Å². The van der Waals surface area contributed by atoms with Crippen molar-refractivity contribution in [3.63, 3.8) is 0 Å². The van der Waals surface area contributed by atoms with E-state index in [1.165, 1.54) is 0 Å². The molecular weight excluding hydrogens is 430 g/mol. The largest absolute Gasteiger partial charge is 0.495 e. The first-order valence-electron chi connectivity index (χ1n) is 11.4. The first kappa shape index (κ1) is 22.9. The number of aliphatic hydroxyl groups is 1. The molecule has 1 amide bonds. The van der Waals surface area contributed by atoms with Gasteiger partial charge in [-0.3, -0.25) is 14.8 Å². The van der Waals surface area contributed by atoms with E-state index in [2.05, 4.69) is 20.5 Å². The second-order valence-corrected chi connectivity index (χ2v) is 9.13. The molecule has 174 valence electrons. The first-order valence-corrected chi connectivity index (χ1v) is 11.8. The molecule has 1 atom stereocenters. The van der Waals surface area contributed by atoms with Crippen molar-refractivity contribution in [2.24, 2.45) is 15.9 Å². The van der Waals surface area contributed by atoms with Gasteiger partial charge < -0.3 is 25.4 Å². The smallest absolute Gasteiger partial charge is 0.232 e. The number of guanidine groups is 1. The Balaban J connectivity index is 1.49. The number of nitrogens with one attached hydrogen (secondary N) is 2. The van der Waals surface area contributed by atoms with Crippen LogP contribution in [-0.4, -0.2) is 66.6 Å². The number of hydrogen-bond donors (Lipinski definition) is 3. The zero-order chi connectivity index (χ0) is 22.5. The molecule has 0 bridgehead atoms. The van der Waals surface area contributed by atoms with E-state index in [-0.39, 0.29) is 18.1 Å². The maximum Gasteiger partial charge on any atom is 0.232 e. The van der Waals surface area contributed by atoms with Gasteiger partial charge in [0.05, 0.1) is 31.3 Å². The average molecular weight is 462 g/mol. The summed E-state index contributed by atoms with van der Waals surface area (Å²) < 4.78 is 5.22. The molecule has 1 aromatic rings. The van der Waals surface area contributed by atoms with Crippen LogP contribution in [0.5, 0.6) is 5.75 Å². The van der Waals surface area contributed by atoms with Gasteiger partial charge in [-0.05, 0) is 56.2 Å². The number of benzene rings is 1. The maximum atomic E-state index is 13.1. The van der Waals surface area contributed by atoms with E-state index in [1.807, 2.05) is 18.2 Å². The number of amides is 1. The molecule has 2 aliphatic heterocycles. The van der Waals surface area contributed by atoms with Crippen LogP contribution >= 0.6 is 11.6 Å². The number of halogens is 1. The topological polar surface area (TPSA) is 98.5 Å². The number of aliphatic imine (C=N–C) groups is 2. The number of nitrogens with zero attached hydrogens (tertiary/aromatic N) is 3. The summed E-state index contributed by atoms with van der Waals surface area (Å²) in [6.45, 7) is 2.71. The number of rotatable bonds is 5. The normalized spacial score (nSPS) is 27.1. The van der Waals surface area contributed by atoms with Crippen molar-refractivity contribution in [1.29, 1.82) is 0 Å². The Morgan fingerprint density at radius 1 is 1.31 bits per heavy atom. The Morgan fingerprint density at radius 3 is 2.75 bits per heavy atom. The Hall–Kier alpha value is -2.32. The highest BCUT2D eigenvalue weighted by Gasteiger charge is 2.33. The van der Waals surface area contributed by atoms with Crippen molar-refractivity contribution in [2.45, 2.75) is 57.2 Å². The number of likely N-dealkylation sites (tertiary alicyclic amines) is 1. The molecule has 0 aromatic heterocycles. The quantitative estimate of drug-likeness (QED) is 0.625. The van der Waals surface area contributed by atoms with Gasteiger partial charge in [0.2, 0.25) is 5.91 Å². The Kier molecular flexibility index (Phi) is 7.52. The highest BCUT2D eigenvalue weighted by Crippen LogP contribution is 2.25. The van der Waals surface area contributed by atoms with Crippen molar-refractivity contribution in [2.75, 3.05) is 26.7 Å². The van der Waals surface area contributed by atoms with Crippen LogP contribution in [-0.2, 0) is 11.3 Å². The lowest BCUT2D eigenvalue weighted by Crippen LogP contribution is -2.54. The number of carbonyl (C=O) groups is 1. The van der Waals surface area contributed by atoms with E-state index in [0.717, 1.165) is 63.1 Å². The summed E-state index contributed by atoms with van der Waals surface area (Å²) >= 11 is 6.26. The van der Waals surface area contributed by atoms with Crippen molar-refractivity contribution in [1.82, 2.24) is 15.5 Å². The zero-order valence-corrected chi connectivity index (χ0v) is 19.3. The third kappa shape index (κ3) is 5.53. The fourth-order valence-electron chi connectivity index (χ4n) is 4.48. The van der Waals surface area contributed by atoms with E-state index < -0.39 is 5.92 Å². The SMILES string of the molecule is COc1ccc(CN=C2NC(N3CCCC3)=NCC2C(=O)NC2CCC(O)CC2)cc1Cl. The second kappa shape index (κ2) is 10.5. The van der Waals surface area contributed by atoms with Crippen LogP contribution < -0.4 is 15.4 Å². The van der Waals surface area contributed by atoms with Crippen LogP contribution in [0.15, 0.2) is 28.2 Å². The van der Waals surface area contributed by atoms with Crippen LogP contribution in [0, 0.1) is 5.92 Å². The number of ether oxygens (including phenoxy) is 1. The molecule has 2 heterocycles. The van der Waals surface area contributed by atoms with Gasteiger partial charge in [0.1, 0.15) is 17.5 Å². The standard InChI is InChI=1S/C23H32ClN5O3/c1-32-20-9-4-15(12-19(20)24)13-25-21-18(14-26-23(28-21)29-10-2-3-11-29)22(31)27-16-5-7-17(30)8-6-16/h4,9,12,16-18,30H,2-3,5-8,10-11,13-14H2,1H3,(H,27,31)(H,25,26,28). The van der Waals surface area contributed by atoms with Gasteiger partial charge in [0, 0.05) is 19.1 Å². The van der Waals surface area contributed by atoms with Gasteiger partial charge in [0.15, 0.2) is 5.96 Å². The molecule has 0 radical (unpaired) electrons. The summed E-state index contributed by atoms with van der Waals surface area (Å²) in [6, 6.07) is 5.68. The summed E-state index contributed by atoms with van der Waals surface area (Å²) in [5.74, 6) is 1.55. The summed E-state index contributed by atoms with van der Waals surface area (Å²) in [5.41, 5.74) is 0.941. The number of carbonyl (C=O) groups excluding carboxylic acids is 1. The van der Waals surface area contributed by atoms with E-state index in [1.54, 1.807) is 7.11 Å². The number of amidine groups is 1. The fraction of sp³-hybridized carbons (Fsp3) is 0.609. The third-order valence-electron chi connectivity index (χ3n) is 6.41. The molecular formula is C23H32ClN5O3. The van der Waals surface area contributed by atoms with Crippen LogP contribution in [0.2, 0.25) is 5.02 Å². The lowest BCUT2D eigenvalue weighted by Gasteiger charge is -2.31. The molecule has 1 saturated heterocycles. The highest BCUT2D eigenvalue weighted by atomic mass is 35.5. The summed E-state index contributed by atoms with van der Waals surface area (Å²) in [4.78, 5) is 24.8. The minimum absolute atomic E-state index is 0.0605. The maximum absolute atomic E-state index is 13.1. The molecule has 1 unspecified atom stereocenters. The molecule has 8 nitrogen and oxygen atoms in total. The average Bonchev–Trinajstić information content (AvgIpc) is 3.34. The Labute approximate surface area is 194 Å². The highest BCUT2D eigenvalue weighted by molar-refractivity contribution is 6.32. The first-order chi connectivity index (χ1) is 15.5. The molecule has 2 fully saturated rings. The molecule has 4 rings (SSSR count). The zero-order valence-electron chi connectivity index (χ0n) is 18.5. The van der Waals surface area contributed by atoms with E-state index in [9.17, 15) is 9.90 Å². The monoisotopic (exact) mass is 461 g/mol. The van der Waals surface area contributed by atoms with Crippen LogP contribution in [0.25, 0.3) is 0 Å². The number of hydrogen-bond acceptors (Lipinski definition) is 6. The van der Waals surface area contributed by atoms with Crippen molar-refractivity contribution in [3.05, 3.63) is 28.8 Å². The molecule has 0 spiro atoms. The predicted molar refractivity (Wildman–Crippen MR) is 125 cm³/mol. The Morgan fingerprint density at radius 2 is 2.06 bits per heavy atom. The number of methoxy groups -OCH3 is 1. The van der Waals surface area contributed by atoms with Crippen molar-refractivity contribution in [3.8, 4) is 5.75 Å². The van der Waals surface area contributed by atoms with Gasteiger partial charge in [-0.15, -0.1) is 0 Å². The predicted octanol–water partition coefficient (Wildman–Crippen LogP) is 2.34. The van der Waals surface area contributed by atoms with Gasteiger partial charge in [-0.25, -0.2) is 0 Å². The van der Waals surface area contributed by atoms with Gasteiger partial charge in [0.25, 0.3) is 0 Å². The van der Waals surface area contributed by atoms with Crippen LogP contribution in [0.3, 0.4) is 0 Å². The summed E-state index contributed by atoms with van der Waals surface area (Å²) in [5, 5.41) is 16.8. The van der Waals surface area contributed by atoms with Crippen LogP contribution in [0.1, 0.15) is 44.1 Å². The minimum Gasteiger partial charge on any atom is -0.495 e. The van der Waals surface area contributed by atoms with E-state index in [4.69, 9.17) is 21.3 Å². The number of aliphatic hydroxyl groups excluding tert-OH is 1. The minimum atomic E-state index is -0.457. The lowest BCUT2D eigenvalue weighted by atomic mass is 9.92. The van der Waals surface area contributed by atoms with Crippen molar-refractivity contribution >= 4 is 29.3 Å². The molecule has 3 N–H and O–H groups in total. The molecule has 3 aliphatic rings. The van der Waals surface area contributed by atoms with E-state index >= 15 is 0 Å². The molecule has 1 aromatic carbocycles. The molecule has 32 heavy (non-hydrogen) atoms. The molecule has 1 aliphatic carbocycles. The molecule has 9 heteroatoms. The van der Waals surface area contributed by atoms with E-state index in [0.29, 0.717) is 29.7 Å². The van der Waals surface area contributed by atoms with Crippen molar-refractivity contribution < 1.29 is 14.6 Å². The second-order valence-electron chi connectivity index (χ2n) is 8.72. The summed E-state index contributed by atoms with van der Waals surface area (Å²) in [7, 11) is 1.59. The third-order valence-corrected chi connectivity index (χ3v) is 6.70. The Bertz CT molecular complexity index is 876. The molecule has 1 saturated carbocycles. The van der Waals surface area contributed by atoms with Gasteiger partial charge in [-0.2, -0.15) is 0 Å².